The molecule has 7 nitrogen and oxygen atoms in total. The van der Waals surface area contributed by atoms with E-state index in [1.165, 1.54) is 12.5 Å². The number of pyridine rings is 1. The van der Waals surface area contributed by atoms with E-state index in [0.29, 0.717) is 10.8 Å². The minimum atomic E-state index is -0.472. The van der Waals surface area contributed by atoms with Gasteiger partial charge in [0.2, 0.25) is 0 Å². The van der Waals surface area contributed by atoms with Crippen LogP contribution in [0, 0.1) is 20.9 Å². The molecular formula is C21H37N3O4. The lowest BCUT2D eigenvalue weighted by molar-refractivity contribution is -0.389. The number of aromatic nitrogens is 1. The second-order valence-corrected chi connectivity index (χ2v) is 7.77. The van der Waals surface area contributed by atoms with Crippen LogP contribution in [0.15, 0.2) is 18.3 Å². The lowest BCUT2D eigenvalue weighted by Gasteiger charge is -2.47. The largest absolute Gasteiger partial charge is 0.380 e. The van der Waals surface area contributed by atoms with E-state index < -0.39 is 4.92 Å². The lowest BCUT2D eigenvalue weighted by atomic mass is 9.77. The molecule has 3 saturated heterocycles. The zero-order valence-electron chi connectivity index (χ0n) is 17.1. The normalized spacial score (nSPS) is 20.8. The van der Waals surface area contributed by atoms with Gasteiger partial charge in [0.05, 0.1) is 32.1 Å². The van der Waals surface area contributed by atoms with Gasteiger partial charge in [-0.05, 0) is 35.2 Å². The first-order chi connectivity index (χ1) is 13.0. The Morgan fingerprint density at radius 2 is 1.71 bits per heavy atom. The molecule has 0 amide bonds. The molecule has 0 aliphatic carbocycles. The Morgan fingerprint density at radius 1 is 1.14 bits per heavy atom. The van der Waals surface area contributed by atoms with Crippen molar-refractivity contribution >= 4 is 11.5 Å². The van der Waals surface area contributed by atoms with Gasteiger partial charge in [0.1, 0.15) is 0 Å². The summed E-state index contributed by atoms with van der Waals surface area (Å²) in [6, 6.07) is 3.24. The van der Waals surface area contributed by atoms with E-state index in [-0.39, 0.29) is 13.2 Å². The average Bonchev–Trinajstić information content (AvgIpc) is 2.67. The average molecular weight is 396 g/mol. The van der Waals surface area contributed by atoms with Crippen LogP contribution in [0.2, 0.25) is 0 Å². The maximum atomic E-state index is 10.5. The molecule has 0 N–H and O–H groups in total. The van der Waals surface area contributed by atoms with Crippen LogP contribution < -0.4 is 4.90 Å². The van der Waals surface area contributed by atoms with E-state index in [9.17, 15) is 10.1 Å². The highest BCUT2D eigenvalue weighted by Crippen LogP contribution is 2.39. The Labute approximate surface area is 169 Å². The molecule has 1 aromatic rings. The van der Waals surface area contributed by atoms with E-state index in [0.717, 1.165) is 58.0 Å². The van der Waals surface area contributed by atoms with Gasteiger partial charge < -0.3 is 24.5 Å². The van der Waals surface area contributed by atoms with Crippen molar-refractivity contribution in [1.82, 2.24) is 4.98 Å². The summed E-state index contributed by atoms with van der Waals surface area (Å²) in [5, 5.41) is 10.5. The van der Waals surface area contributed by atoms with E-state index in [4.69, 9.17) is 9.47 Å². The molecule has 3 aliphatic heterocycles. The van der Waals surface area contributed by atoms with E-state index >= 15 is 0 Å². The molecule has 0 unspecified atom stereocenters. The van der Waals surface area contributed by atoms with Gasteiger partial charge in [-0.25, -0.2) is 0 Å². The van der Waals surface area contributed by atoms with Crippen LogP contribution in [0.4, 0.5) is 11.5 Å². The van der Waals surface area contributed by atoms with Crippen LogP contribution in [-0.2, 0) is 9.47 Å². The third-order valence-corrected chi connectivity index (χ3v) is 5.68. The number of piperidine rings is 1. The van der Waals surface area contributed by atoms with Gasteiger partial charge in [-0.15, -0.1) is 0 Å². The van der Waals surface area contributed by atoms with E-state index in [1.807, 2.05) is 13.8 Å². The van der Waals surface area contributed by atoms with Gasteiger partial charge in [0, 0.05) is 30.0 Å². The van der Waals surface area contributed by atoms with Crippen molar-refractivity contribution in [3.05, 3.63) is 28.4 Å². The van der Waals surface area contributed by atoms with Gasteiger partial charge in [-0.1, -0.05) is 35.1 Å². The van der Waals surface area contributed by atoms with E-state index in [1.54, 1.807) is 12.3 Å². The molecule has 7 heteroatoms. The third kappa shape index (κ3) is 5.88. The van der Waals surface area contributed by atoms with Gasteiger partial charge in [0.25, 0.3) is 0 Å². The smallest absolute Gasteiger partial charge is 0.363 e. The molecular weight excluding hydrogens is 358 g/mol. The Bertz CT molecular complexity index is 583. The molecule has 0 bridgehead atoms. The second-order valence-electron chi connectivity index (χ2n) is 7.77. The van der Waals surface area contributed by atoms with Gasteiger partial charge >= 0.3 is 5.82 Å². The van der Waals surface area contributed by atoms with Crippen molar-refractivity contribution in [1.29, 1.82) is 0 Å². The van der Waals surface area contributed by atoms with Crippen LogP contribution in [0.1, 0.15) is 54.4 Å². The first kappa shape index (κ1) is 24.3. The summed E-state index contributed by atoms with van der Waals surface area (Å²) in [6.07, 6.45) is 5.11. The first-order valence-electron chi connectivity index (χ1n) is 9.96. The van der Waals surface area contributed by atoms with Crippen LogP contribution in [0.5, 0.6) is 0 Å². The molecule has 28 heavy (non-hydrogen) atoms. The zero-order valence-corrected chi connectivity index (χ0v) is 17.1. The third-order valence-electron chi connectivity index (χ3n) is 5.68. The number of nitrogens with zero attached hydrogens (tertiary/aromatic N) is 3. The summed E-state index contributed by atoms with van der Waals surface area (Å²) in [4.78, 5) is 16.2. The number of hydrogen-bond acceptors (Lipinski definition) is 6. The fourth-order valence-corrected chi connectivity index (χ4v) is 3.25. The molecule has 4 heterocycles. The van der Waals surface area contributed by atoms with Crippen molar-refractivity contribution in [2.24, 2.45) is 10.8 Å². The molecule has 0 radical (unpaired) electrons. The quantitative estimate of drug-likeness (QED) is 0.545. The fraction of sp³-hybridized carbons (Fsp3) is 0.762. The van der Waals surface area contributed by atoms with Gasteiger partial charge in [-0.2, -0.15) is 0 Å². The maximum Gasteiger partial charge on any atom is 0.363 e. The van der Waals surface area contributed by atoms with Crippen molar-refractivity contribution < 1.29 is 14.4 Å². The minimum Gasteiger partial charge on any atom is -0.380 e. The highest BCUT2D eigenvalue weighted by atomic mass is 16.6. The monoisotopic (exact) mass is 395 g/mol. The summed E-state index contributed by atoms with van der Waals surface area (Å²) < 4.78 is 10.3. The standard InChI is InChI=1S/C12H15N3O3.C6H12O.C2H6.CH4/c16-15(17)11-2-1-10(7-13-11)14-5-3-12(4-6-14)8-18-9-12;1-3-6(2)4-7-5-6;1-2;/h1-2,7H,3-6,8-9H2;3-5H2,1-2H3;1-2H3;1H4. The molecule has 160 valence electrons. The van der Waals surface area contributed by atoms with E-state index in [2.05, 4.69) is 23.7 Å². The number of hydrogen-bond donors (Lipinski definition) is 0. The first-order valence-corrected chi connectivity index (χ1v) is 9.96. The van der Waals surface area contributed by atoms with Crippen molar-refractivity contribution in [3.63, 3.8) is 0 Å². The van der Waals surface area contributed by atoms with Crippen molar-refractivity contribution in [3.8, 4) is 0 Å². The Morgan fingerprint density at radius 3 is 2.00 bits per heavy atom. The van der Waals surface area contributed by atoms with Crippen LogP contribution in [0.3, 0.4) is 0 Å². The number of ether oxygens (including phenoxy) is 2. The SMILES string of the molecule is C.CC.CCC1(C)COC1.O=[N+]([O-])c1ccc(N2CCC3(CC2)COC3)cn1. The van der Waals surface area contributed by atoms with Crippen LogP contribution in [-0.4, -0.2) is 49.4 Å². The highest BCUT2D eigenvalue weighted by molar-refractivity contribution is 5.47. The number of anilines is 1. The molecule has 3 fully saturated rings. The maximum absolute atomic E-state index is 10.5. The van der Waals surface area contributed by atoms with Crippen molar-refractivity contribution in [2.75, 3.05) is 44.4 Å². The Balaban J connectivity index is 0.000000332. The van der Waals surface area contributed by atoms with Gasteiger partial charge in [0.15, 0.2) is 6.20 Å². The predicted octanol–water partition coefficient (Wildman–Crippen LogP) is 4.70. The summed E-state index contributed by atoms with van der Waals surface area (Å²) in [7, 11) is 0. The number of nitro groups is 1. The highest BCUT2D eigenvalue weighted by Gasteiger charge is 2.41. The topological polar surface area (TPSA) is 77.7 Å². The molecule has 1 spiro atoms. The lowest BCUT2D eigenvalue weighted by Crippen LogP contribution is -2.50. The molecule has 4 rings (SSSR count). The molecule has 0 atom stereocenters. The summed E-state index contributed by atoms with van der Waals surface area (Å²) in [5.74, 6) is -0.0976. The number of rotatable bonds is 3. The Hall–Kier alpha value is -1.73. The molecule has 0 aromatic carbocycles. The predicted molar refractivity (Wildman–Crippen MR) is 113 cm³/mol. The second kappa shape index (κ2) is 10.7. The summed E-state index contributed by atoms with van der Waals surface area (Å²) >= 11 is 0. The molecule has 3 aliphatic rings. The summed E-state index contributed by atoms with van der Waals surface area (Å²) in [6.45, 7) is 14.1. The van der Waals surface area contributed by atoms with Crippen LogP contribution in [0.25, 0.3) is 0 Å². The Kier molecular flexibility index (Phi) is 9.30. The van der Waals surface area contributed by atoms with Crippen molar-refractivity contribution in [2.45, 2.75) is 54.4 Å². The zero-order chi connectivity index (χ0) is 19.9. The molecule has 1 aromatic heterocycles. The van der Waals surface area contributed by atoms with Crippen LogP contribution >= 0.6 is 0 Å². The molecule has 0 saturated carbocycles. The van der Waals surface area contributed by atoms with Gasteiger partial charge in [-0.3, -0.25) is 0 Å². The minimum absolute atomic E-state index is 0. The fourth-order valence-electron chi connectivity index (χ4n) is 3.25. The summed E-state index contributed by atoms with van der Waals surface area (Å²) in [5.41, 5.74) is 1.92.